The summed E-state index contributed by atoms with van der Waals surface area (Å²) in [5, 5.41) is 16.0. The van der Waals surface area contributed by atoms with Crippen LogP contribution in [0.5, 0.6) is 0 Å². The second-order valence-electron chi connectivity index (χ2n) is 6.05. The minimum atomic E-state index is -3.39. The molecule has 136 valence electrons. The van der Waals surface area contributed by atoms with Gasteiger partial charge in [0.25, 0.3) is 0 Å². The van der Waals surface area contributed by atoms with E-state index in [1.807, 2.05) is 6.07 Å². The Labute approximate surface area is 151 Å². The first-order valence-corrected chi connectivity index (χ1v) is 9.82. The first kappa shape index (κ1) is 18.3. The lowest BCUT2D eigenvalue weighted by Crippen LogP contribution is -2.08. The van der Waals surface area contributed by atoms with Gasteiger partial charge in [0.1, 0.15) is 5.82 Å². The van der Waals surface area contributed by atoms with E-state index in [-0.39, 0.29) is 29.5 Å². The van der Waals surface area contributed by atoms with Gasteiger partial charge < -0.3 is 5.11 Å². The minimum Gasteiger partial charge on any atom is -0.396 e. The number of rotatable bonds is 6. The van der Waals surface area contributed by atoms with E-state index in [2.05, 4.69) is 10.2 Å². The zero-order valence-electron chi connectivity index (χ0n) is 14.2. The molecular weight excluding hydrogens is 355 g/mol. The van der Waals surface area contributed by atoms with Gasteiger partial charge in [-0.1, -0.05) is 12.1 Å². The monoisotopic (exact) mass is 374 g/mol. The summed E-state index contributed by atoms with van der Waals surface area (Å²) in [6.45, 7) is 1.54. The van der Waals surface area contributed by atoms with Crippen LogP contribution in [0.15, 0.2) is 53.4 Å². The SMILES string of the molecule is Cc1cc(-c2cc(-c3ccc(S(=O)(=O)CCCO)cc3)[nH]n2)ccc1F. The highest BCUT2D eigenvalue weighted by atomic mass is 32.2. The first-order valence-electron chi connectivity index (χ1n) is 8.17. The number of hydrogen-bond acceptors (Lipinski definition) is 4. The minimum absolute atomic E-state index is 0.0824. The van der Waals surface area contributed by atoms with Gasteiger partial charge in [0.2, 0.25) is 0 Å². The Morgan fingerprint density at radius 1 is 1.08 bits per heavy atom. The Balaban J connectivity index is 1.84. The number of aromatic amines is 1. The predicted octanol–water partition coefficient (Wildman–Crippen LogP) is 3.35. The summed E-state index contributed by atoms with van der Waals surface area (Å²) in [5.74, 6) is -0.344. The van der Waals surface area contributed by atoms with Gasteiger partial charge in [-0.05, 0) is 60.9 Å². The smallest absolute Gasteiger partial charge is 0.178 e. The van der Waals surface area contributed by atoms with E-state index < -0.39 is 9.84 Å². The molecular formula is C19H19FN2O3S. The number of aryl methyl sites for hydroxylation is 1. The van der Waals surface area contributed by atoms with Crippen molar-refractivity contribution >= 4 is 9.84 Å². The Bertz CT molecular complexity index is 1010. The lowest BCUT2D eigenvalue weighted by molar-refractivity contribution is 0.295. The van der Waals surface area contributed by atoms with Gasteiger partial charge in [0, 0.05) is 12.2 Å². The van der Waals surface area contributed by atoms with Gasteiger partial charge in [-0.2, -0.15) is 5.10 Å². The van der Waals surface area contributed by atoms with Crippen molar-refractivity contribution in [3.63, 3.8) is 0 Å². The molecule has 0 spiro atoms. The van der Waals surface area contributed by atoms with E-state index in [0.29, 0.717) is 11.3 Å². The molecule has 0 unspecified atom stereocenters. The van der Waals surface area contributed by atoms with Crippen LogP contribution in [0, 0.1) is 12.7 Å². The van der Waals surface area contributed by atoms with E-state index in [0.717, 1.165) is 16.8 Å². The number of aromatic nitrogens is 2. The average molecular weight is 374 g/mol. The molecule has 1 heterocycles. The van der Waals surface area contributed by atoms with Crippen LogP contribution in [0.25, 0.3) is 22.5 Å². The molecule has 7 heteroatoms. The van der Waals surface area contributed by atoms with E-state index in [1.54, 1.807) is 43.3 Å². The van der Waals surface area contributed by atoms with Crippen LogP contribution in [-0.4, -0.2) is 36.1 Å². The van der Waals surface area contributed by atoms with Crippen molar-refractivity contribution in [1.29, 1.82) is 0 Å². The molecule has 1 aromatic heterocycles. The highest BCUT2D eigenvalue weighted by molar-refractivity contribution is 7.91. The first-order chi connectivity index (χ1) is 12.4. The molecule has 3 rings (SSSR count). The zero-order valence-corrected chi connectivity index (χ0v) is 15.1. The third-order valence-corrected chi connectivity index (χ3v) is 5.94. The third-order valence-electron chi connectivity index (χ3n) is 4.13. The van der Waals surface area contributed by atoms with E-state index in [4.69, 9.17) is 5.11 Å². The zero-order chi connectivity index (χ0) is 18.7. The number of sulfone groups is 1. The molecule has 0 atom stereocenters. The number of hydrogen-bond donors (Lipinski definition) is 2. The fraction of sp³-hybridized carbons (Fsp3) is 0.211. The van der Waals surface area contributed by atoms with Crippen molar-refractivity contribution in [1.82, 2.24) is 10.2 Å². The maximum absolute atomic E-state index is 13.4. The number of nitrogens with zero attached hydrogens (tertiary/aromatic N) is 1. The van der Waals surface area contributed by atoms with Crippen LogP contribution in [-0.2, 0) is 9.84 Å². The van der Waals surface area contributed by atoms with Crippen molar-refractivity contribution in [2.75, 3.05) is 12.4 Å². The summed E-state index contributed by atoms with van der Waals surface area (Å²) in [5.41, 5.74) is 3.56. The number of aliphatic hydroxyl groups is 1. The molecule has 0 saturated carbocycles. The van der Waals surface area contributed by atoms with Gasteiger partial charge in [-0.15, -0.1) is 0 Å². The van der Waals surface area contributed by atoms with Crippen LogP contribution in [0.1, 0.15) is 12.0 Å². The summed E-state index contributed by atoms with van der Waals surface area (Å²) in [4.78, 5) is 0.226. The summed E-state index contributed by atoms with van der Waals surface area (Å²) < 4.78 is 37.7. The Morgan fingerprint density at radius 3 is 2.42 bits per heavy atom. The number of halogens is 1. The molecule has 0 aliphatic carbocycles. The third kappa shape index (κ3) is 3.84. The molecule has 0 fully saturated rings. The molecule has 2 aromatic carbocycles. The maximum Gasteiger partial charge on any atom is 0.178 e. The number of benzene rings is 2. The van der Waals surface area contributed by atoms with Crippen molar-refractivity contribution in [2.45, 2.75) is 18.2 Å². The highest BCUT2D eigenvalue weighted by Crippen LogP contribution is 2.26. The summed E-state index contributed by atoms with van der Waals surface area (Å²) >= 11 is 0. The van der Waals surface area contributed by atoms with E-state index in [9.17, 15) is 12.8 Å². The molecule has 0 aliphatic rings. The number of aliphatic hydroxyl groups excluding tert-OH is 1. The lowest BCUT2D eigenvalue weighted by Gasteiger charge is -2.04. The Kier molecular flexibility index (Phi) is 5.20. The molecule has 0 saturated heterocycles. The largest absolute Gasteiger partial charge is 0.396 e. The summed E-state index contributed by atoms with van der Waals surface area (Å²) in [7, 11) is -3.39. The van der Waals surface area contributed by atoms with Crippen LogP contribution in [0.3, 0.4) is 0 Å². The molecule has 5 nitrogen and oxygen atoms in total. The lowest BCUT2D eigenvalue weighted by atomic mass is 10.1. The second kappa shape index (κ2) is 7.39. The summed E-state index contributed by atoms with van der Waals surface area (Å²) in [6.07, 6.45) is 0.213. The van der Waals surface area contributed by atoms with Crippen molar-refractivity contribution in [3.8, 4) is 22.5 Å². The van der Waals surface area contributed by atoms with Crippen molar-refractivity contribution in [2.24, 2.45) is 0 Å². The second-order valence-corrected chi connectivity index (χ2v) is 8.16. The van der Waals surface area contributed by atoms with Gasteiger partial charge in [-0.3, -0.25) is 5.10 Å². The molecule has 0 radical (unpaired) electrons. The predicted molar refractivity (Wildman–Crippen MR) is 97.9 cm³/mol. The molecule has 2 N–H and O–H groups in total. The van der Waals surface area contributed by atoms with Crippen LogP contribution >= 0.6 is 0 Å². The normalized spacial score (nSPS) is 11.7. The van der Waals surface area contributed by atoms with E-state index >= 15 is 0 Å². The molecule has 3 aromatic rings. The van der Waals surface area contributed by atoms with Crippen molar-refractivity contribution in [3.05, 3.63) is 59.9 Å². The molecule has 26 heavy (non-hydrogen) atoms. The Hall–Kier alpha value is -2.51. The molecule has 0 bridgehead atoms. The van der Waals surface area contributed by atoms with Gasteiger partial charge in [0.05, 0.1) is 22.0 Å². The highest BCUT2D eigenvalue weighted by Gasteiger charge is 2.14. The van der Waals surface area contributed by atoms with Gasteiger partial charge in [0.15, 0.2) is 9.84 Å². The number of H-pyrrole nitrogens is 1. The Morgan fingerprint density at radius 2 is 1.77 bits per heavy atom. The van der Waals surface area contributed by atoms with Crippen LogP contribution in [0.2, 0.25) is 0 Å². The van der Waals surface area contributed by atoms with Gasteiger partial charge >= 0.3 is 0 Å². The maximum atomic E-state index is 13.4. The fourth-order valence-corrected chi connectivity index (χ4v) is 3.93. The molecule has 0 amide bonds. The molecule has 0 aliphatic heterocycles. The summed E-state index contributed by atoms with van der Waals surface area (Å²) in [6, 6.07) is 13.1. The average Bonchev–Trinajstić information content (AvgIpc) is 3.12. The standard InChI is InChI=1S/C19H19FN2O3S/c1-13-11-15(5-8-17(13)20)19-12-18(21-22-19)14-3-6-16(7-4-14)26(24,25)10-2-9-23/h3-8,11-12,23H,2,9-10H2,1H3,(H,21,22). The van der Waals surface area contributed by atoms with Gasteiger partial charge in [-0.25, -0.2) is 12.8 Å². The van der Waals surface area contributed by atoms with E-state index in [1.165, 1.54) is 6.07 Å². The topological polar surface area (TPSA) is 83.0 Å². The van der Waals surface area contributed by atoms with Crippen LogP contribution < -0.4 is 0 Å². The van der Waals surface area contributed by atoms with Crippen molar-refractivity contribution < 1.29 is 17.9 Å². The number of nitrogens with one attached hydrogen (secondary N) is 1. The van der Waals surface area contributed by atoms with Crippen LogP contribution in [0.4, 0.5) is 4.39 Å². The fourth-order valence-electron chi connectivity index (χ4n) is 2.64. The quantitative estimate of drug-likeness (QED) is 0.693.